The number of benzene rings is 2. The summed E-state index contributed by atoms with van der Waals surface area (Å²) in [5, 5.41) is 13.7. The lowest BCUT2D eigenvalue weighted by atomic mass is 9.88. The van der Waals surface area contributed by atoms with Gasteiger partial charge in [0.05, 0.1) is 4.90 Å². The number of carbonyl (C=O) groups excluding carboxylic acids is 1. The van der Waals surface area contributed by atoms with Crippen molar-refractivity contribution < 1.29 is 14.1 Å². The van der Waals surface area contributed by atoms with Gasteiger partial charge in [-0.3, -0.25) is 4.79 Å². The molecule has 1 aliphatic heterocycles. The van der Waals surface area contributed by atoms with Crippen LogP contribution in [0.15, 0.2) is 53.4 Å². The van der Waals surface area contributed by atoms with Crippen LogP contribution in [0, 0.1) is 0 Å². The van der Waals surface area contributed by atoms with E-state index in [1.54, 1.807) is 48.5 Å². The van der Waals surface area contributed by atoms with Crippen LogP contribution in [-0.4, -0.2) is 20.8 Å². The van der Waals surface area contributed by atoms with Crippen LogP contribution < -0.4 is 10.0 Å². The summed E-state index contributed by atoms with van der Waals surface area (Å²) < 4.78 is 15.3. The summed E-state index contributed by atoms with van der Waals surface area (Å²) in [4.78, 5) is 12.9. The van der Waals surface area contributed by atoms with Gasteiger partial charge >= 0.3 is 0 Å². The molecular formula is C18H20N2O3S. The largest absolute Gasteiger partial charge is 0.372 e. The van der Waals surface area contributed by atoms with Gasteiger partial charge in [-0.25, -0.2) is 8.93 Å². The average molecular weight is 344 g/mol. The molecule has 0 saturated carbocycles. The number of hydrogen-bond donors (Lipinski definition) is 3. The highest BCUT2D eigenvalue weighted by molar-refractivity contribution is 7.83. The maximum Gasteiger partial charge on any atom is 0.265 e. The van der Waals surface area contributed by atoms with Gasteiger partial charge in [-0.1, -0.05) is 30.3 Å². The molecule has 1 amide bonds. The van der Waals surface area contributed by atoms with E-state index in [9.17, 15) is 14.1 Å². The number of amides is 1. The topological polar surface area (TPSA) is 78.4 Å². The third-order valence-corrected chi connectivity index (χ3v) is 5.28. The van der Waals surface area contributed by atoms with Crippen LogP contribution in [0.5, 0.6) is 0 Å². The Balaban J connectivity index is 1.94. The maximum absolute atomic E-state index is 12.3. The molecule has 2 atom stereocenters. The zero-order chi connectivity index (χ0) is 17.5. The molecule has 0 fully saturated rings. The smallest absolute Gasteiger partial charge is 0.265 e. The van der Waals surface area contributed by atoms with E-state index in [1.165, 1.54) is 0 Å². The molecule has 0 bridgehead atoms. The molecule has 3 N–H and O–H groups in total. The number of hydrogen-bond acceptors (Lipinski definition) is 3. The van der Waals surface area contributed by atoms with Crippen molar-refractivity contribution in [2.45, 2.75) is 36.8 Å². The Morgan fingerprint density at radius 3 is 2.33 bits per heavy atom. The van der Waals surface area contributed by atoms with E-state index in [0.29, 0.717) is 21.7 Å². The minimum absolute atomic E-state index is 0.286. The third kappa shape index (κ3) is 2.88. The Morgan fingerprint density at radius 1 is 1.08 bits per heavy atom. The summed E-state index contributed by atoms with van der Waals surface area (Å²) in [5.74, 6) is -0.481. The van der Waals surface area contributed by atoms with Gasteiger partial charge in [0.15, 0.2) is 5.60 Å². The molecule has 0 aromatic heterocycles. The predicted molar refractivity (Wildman–Crippen MR) is 93.8 cm³/mol. The van der Waals surface area contributed by atoms with E-state index in [2.05, 4.69) is 10.0 Å². The van der Waals surface area contributed by atoms with Gasteiger partial charge in [0, 0.05) is 16.8 Å². The van der Waals surface area contributed by atoms with Gasteiger partial charge in [0.1, 0.15) is 11.0 Å². The first-order chi connectivity index (χ1) is 11.2. The fraction of sp³-hybridized carbons (Fsp3) is 0.278. The molecule has 126 valence electrons. The van der Waals surface area contributed by atoms with Crippen LogP contribution in [-0.2, 0) is 21.4 Å². The molecule has 0 aliphatic carbocycles. The second-order valence-corrected chi connectivity index (χ2v) is 8.07. The molecule has 2 aromatic carbocycles. The van der Waals surface area contributed by atoms with Crippen molar-refractivity contribution in [1.82, 2.24) is 4.72 Å². The van der Waals surface area contributed by atoms with Crippen molar-refractivity contribution in [3.63, 3.8) is 0 Å². The Labute approximate surface area is 143 Å². The molecule has 0 radical (unpaired) electrons. The molecule has 2 aromatic rings. The Hall–Kier alpha value is -2.02. The minimum atomic E-state index is -1.73. The summed E-state index contributed by atoms with van der Waals surface area (Å²) in [6.07, 6.45) is 0. The van der Waals surface area contributed by atoms with Crippen molar-refractivity contribution >= 4 is 22.6 Å². The summed E-state index contributed by atoms with van der Waals surface area (Å²) in [6, 6.07) is 13.7. The Kier molecular flexibility index (Phi) is 4.07. The van der Waals surface area contributed by atoms with Crippen molar-refractivity contribution in [3.8, 4) is 0 Å². The molecule has 5 nitrogen and oxygen atoms in total. The highest BCUT2D eigenvalue weighted by Crippen LogP contribution is 2.40. The third-order valence-electron chi connectivity index (χ3n) is 3.78. The monoisotopic (exact) mass is 344 g/mol. The summed E-state index contributed by atoms with van der Waals surface area (Å²) in [5.41, 5.74) is -0.440. The number of carbonyl (C=O) groups is 1. The van der Waals surface area contributed by atoms with Gasteiger partial charge in [0.2, 0.25) is 0 Å². The van der Waals surface area contributed by atoms with E-state index in [4.69, 9.17) is 0 Å². The van der Waals surface area contributed by atoms with E-state index >= 15 is 0 Å². The van der Waals surface area contributed by atoms with Gasteiger partial charge in [-0.15, -0.1) is 0 Å². The van der Waals surface area contributed by atoms with Gasteiger partial charge in [-0.05, 0) is 44.5 Å². The van der Waals surface area contributed by atoms with E-state index in [-0.39, 0.29) is 5.54 Å². The molecule has 24 heavy (non-hydrogen) atoms. The van der Waals surface area contributed by atoms with Gasteiger partial charge in [-0.2, -0.15) is 0 Å². The lowest BCUT2D eigenvalue weighted by molar-refractivity contribution is -0.129. The van der Waals surface area contributed by atoms with Crippen LogP contribution >= 0.6 is 0 Å². The molecule has 0 saturated heterocycles. The fourth-order valence-electron chi connectivity index (χ4n) is 2.69. The molecule has 3 rings (SSSR count). The lowest BCUT2D eigenvalue weighted by Gasteiger charge is -2.22. The van der Waals surface area contributed by atoms with Crippen molar-refractivity contribution in [2.24, 2.45) is 0 Å². The van der Waals surface area contributed by atoms with E-state index in [1.807, 2.05) is 20.8 Å². The fourth-order valence-corrected chi connectivity index (χ4v) is 3.74. The van der Waals surface area contributed by atoms with Crippen molar-refractivity contribution in [2.75, 3.05) is 5.32 Å². The number of fused-ring (bicyclic) bond motifs is 1. The number of para-hydroxylation sites is 1. The number of aliphatic hydroxyl groups is 1. The standard InChI is InChI=1S/C18H20N2O3S/c1-17(2,3)20-24(23)13-10-8-12(9-11-13)18(22)14-6-4-5-7-15(14)19-16(18)21/h4-11,20,22H,1-3H3,(H,19,21). The highest BCUT2D eigenvalue weighted by Gasteiger charge is 2.46. The van der Waals surface area contributed by atoms with Crippen LogP contribution in [0.3, 0.4) is 0 Å². The predicted octanol–water partition coefficient (Wildman–Crippen LogP) is 2.29. The van der Waals surface area contributed by atoms with Crippen molar-refractivity contribution in [1.29, 1.82) is 0 Å². The van der Waals surface area contributed by atoms with Crippen LogP contribution in [0.1, 0.15) is 31.9 Å². The minimum Gasteiger partial charge on any atom is -0.372 e. The van der Waals surface area contributed by atoms with Gasteiger partial charge < -0.3 is 10.4 Å². The molecule has 1 heterocycles. The summed E-state index contributed by atoms with van der Waals surface area (Å²) in [7, 11) is -1.36. The maximum atomic E-state index is 12.3. The second kappa shape index (κ2) is 5.81. The second-order valence-electron chi connectivity index (χ2n) is 6.86. The first-order valence-corrected chi connectivity index (χ1v) is 8.80. The Morgan fingerprint density at radius 2 is 1.71 bits per heavy atom. The highest BCUT2D eigenvalue weighted by atomic mass is 32.2. The SMILES string of the molecule is CC(C)(C)NS(=O)c1ccc(C2(O)C(=O)Nc3ccccc32)cc1. The number of nitrogens with one attached hydrogen (secondary N) is 2. The number of rotatable bonds is 3. The van der Waals surface area contributed by atoms with Gasteiger partial charge in [0.25, 0.3) is 5.91 Å². The zero-order valence-electron chi connectivity index (χ0n) is 13.8. The van der Waals surface area contributed by atoms with E-state index < -0.39 is 22.5 Å². The first-order valence-electron chi connectivity index (χ1n) is 7.65. The number of anilines is 1. The zero-order valence-corrected chi connectivity index (χ0v) is 14.6. The molecule has 2 unspecified atom stereocenters. The van der Waals surface area contributed by atoms with Crippen LogP contribution in [0.4, 0.5) is 5.69 Å². The van der Waals surface area contributed by atoms with Crippen LogP contribution in [0.25, 0.3) is 0 Å². The normalized spacial score (nSPS) is 21.2. The van der Waals surface area contributed by atoms with Crippen LogP contribution in [0.2, 0.25) is 0 Å². The molecule has 0 spiro atoms. The quantitative estimate of drug-likeness (QED) is 0.799. The first kappa shape index (κ1) is 16.8. The molecular weight excluding hydrogens is 324 g/mol. The van der Waals surface area contributed by atoms with E-state index in [0.717, 1.165) is 0 Å². The summed E-state index contributed by atoms with van der Waals surface area (Å²) in [6.45, 7) is 5.80. The Bertz CT molecular complexity index is 812. The average Bonchev–Trinajstić information content (AvgIpc) is 2.78. The molecule has 6 heteroatoms. The van der Waals surface area contributed by atoms with Crippen molar-refractivity contribution in [3.05, 3.63) is 59.7 Å². The lowest BCUT2D eigenvalue weighted by Crippen LogP contribution is -2.37. The summed E-state index contributed by atoms with van der Waals surface area (Å²) >= 11 is 0. The molecule has 1 aliphatic rings.